The molecule has 0 aliphatic heterocycles. The van der Waals surface area contributed by atoms with Crippen LogP contribution >= 0.6 is 11.8 Å². The van der Waals surface area contributed by atoms with Crippen LogP contribution in [0.3, 0.4) is 0 Å². The molecule has 0 heterocycles. The normalized spacial score (nSPS) is 11.5. The summed E-state index contributed by atoms with van der Waals surface area (Å²) in [5.74, 6) is 1.56. The zero-order valence-electron chi connectivity index (χ0n) is 23.1. The Morgan fingerprint density at radius 1 is 0.850 bits per heavy atom. The average molecular weight is 566 g/mol. The first-order valence-corrected chi connectivity index (χ1v) is 14.8. The van der Waals surface area contributed by atoms with E-state index in [1.54, 1.807) is 11.8 Å². The molecule has 0 aliphatic carbocycles. The fraction of sp³-hybridized carbons (Fsp3) is 0.375. The first-order chi connectivity index (χ1) is 19.5. The van der Waals surface area contributed by atoms with Crippen molar-refractivity contribution < 1.29 is 28.9 Å². The molecule has 0 saturated heterocycles. The second-order valence-electron chi connectivity index (χ2n) is 9.21. The number of ether oxygens (including phenoxy) is 3. The maximum absolute atomic E-state index is 12.9. The Hall–Kier alpha value is -3.49. The van der Waals surface area contributed by atoms with Gasteiger partial charge >= 0.3 is 12.1 Å². The Morgan fingerprint density at radius 3 is 2.17 bits per heavy atom. The van der Waals surface area contributed by atoms with E-state index in [-0.39, 0.29) is 12.5 Å². The number of aliphatic carboxylic acids is 1. The molecule has 1 amide bonds. The van der Waals surface area contributed by atoms with Gasteiger partial charge < -0.3 is 24.2 Å². The van der Waals surface area contributed by atoms with E-state index < -0.39 is 12.1 Å². The maximum Gasteiger partial charge on any atom is 0.409 e. The summed E-state index contributed by atoms with van der Waals surface area (Å²) >= 11 is 1.85. The van der Waals surface area contributed by atoms with E-state index in [0.29, 0.717) is 45.1 Å². The minimum Gasteiger partial charge on any atom is -0.492 e. The van der Waals surface area contributed by atoms with E-state index >= 15 is 0 Å². The standard InChI is InChI=1S/C32H39NO6S/c1-2-37-30(31(34)35)24-27-14-16-29(17-15-27)38-22-20-33(19-9-23-40-25-28-12-7-4-8-13-28)32(36)39-21-18-26-10-5-3-6-11-26/h3-8,10-17,30H,2,9,18-25H2,1H3,(H,34,35). The van der Waals surface area contributed by atoms with Gasteiger partial charge in [0.05, 0.1) is 13.2 Å². The lowest BCUT2D eigenvalue weighted by Gasteiger charge is -2.22. The van der Waals surface area contributed by atoms with Crippen molar-refractivity contribution in [3.8, 4) is 5.75 Å². The van der Waals surface area contributed by atoms with Crippen LogP contribution in [0.1, 0.15) is 30.0 Å². The van der Waals surface area contributed by atoms with Gasteiger partial charge in [-0.1, -0.05) is 72.8 Å². The minimum absolute atomic E-state index is 0.286. The van der Waals surface area contributed by atoms with Gasteiger partial charge in [0.25, 0.3) is 0 Å². The number of amides is 1. The van der Waals surface area contributed by atoms with Crippen LogP contribution in [0.25, 0.3) is 0 Å². The van der Waals surface area contributed by atoms with E-state index in [2.05, 4.69) is 12.1 Å². The second-order valence-corrected chi connectivity index (χ2v) is 10.3. The SMILES string of the molecule is CCOC(Cc1ccc(OCCN(CCCSCc2ccccc2)C(=O)OCCc2ccccc2)cc1)C(=O)O. The zero-order chi connectivity index (χ0) is 28.4. The van der Waals surface area contributed by atoms with Crippen molar-refractivity contribution in [1.82, 2.24) is 4.90 Å². The van der Waals surface area contributed by atoms with Gasteiger partial charge in [0.15, 0.2) is 6.10 Å². The van der Waals surface area contributed by atoms with Crippen LogP contribution in [-0.2, 0) is 32.9 Å². The Bertz CT molecular complexity index is 1130. The predicted octanol–water partition coefficient (Wildman–Crippen LogP) is 6.10. The van der Waals surface area contributed by atoms with Crippen molar-refractivity contribution in [2.45, 2.75) is 38.0 Å². The molecule has 1 unspecified atom stereocenters. The highest BCUT2D eigenvalue weighted by atomic mass is 32.2. The molecular weight excluding hydrogens is 526 g/mol. The second kappa shape index (κ2) is 18.0. The van der Waals surface area contributed by atoms with Crippen molar-refractivity contribution in [3.63, 3.8) is 0 Å². The van der Waals surface area contributed by atoms with E-state index in [1.165, 1.54) is 5.56 Å². The lowest BCUT2D eigenvalue weighted by molar-refractivity contribution is -0.149. The van der Waals surface area contributed by atoms with Crippen LogP contribution in [0.2, 0.25) is 0 Å². The molecule has 3 aromatic rings. The van der Waals surface area contributed by atoms with Gasteiger partial charge in [-0.25, -0.2) is 9.59 Å². The summed E-state index contributed by atoms with van der Waals surface area (Å²) in [6, 6.07) is 27.6. The molecule has 0 fully saturated rings. The lowest BCUT2D eigenvalue weighted by atomic mass is 10.1. The molecule has 1 N–H and O–H groups in total. The molecule has 0 saturated carbocycles. The first-order valence-electron chi connectivity index (χ1n) is 13.7. The highest BCUT2D eigenvalue weighted by molar-refractivity contribution is 7.98. The van der Waals surface area contributed by atoms with Gasteiger partial charge in [0.1, 0.15) is 12.4 Å². The largest absolute Gasteiger partial charge is 0.492 e. The number of nitrogens with zero attached hydrogens (tertiary/aromatic N) is 1. The Labute approximate surface area is 241 Å². The molecule has 3 aromatic carbocycles. The Morgan fingerprint density at radius 2 is 1.52 bits per heavy atom. The Balaban J connectivity index is 1.46. The van der Waals surface area contributed by atoms with Gasteiger partial charge in [0.2, 0.25) is 0 Å². The number of rotatable bonds is 18. The number of hydrogen-bond donors (Lipinski definition) is 1. The molecule has 0 aromatic heterocycles. The average Bonchev–Trinajstić information content (AvgIpc) is 2.97. The van der Waals surface area contributed by atoms with E-state index in [4.69, 9.17) is 14.2 Å². The van der Waals surface area contributed by atoms with Gasteiger partial charge in [-0.15, -0.1) is 0 Å². The summed E-state index contributed by atoms with van der Waals surface area (Å²) in [5, 5.41) is 9.30. The molecular formula is C32H39NO6S. The van der Waals surface area contributed by atoms with Gasteiger partial charge in [-0.05, 0) is 47.9 Å². The molecule has 1 atom stereocenters. The monoisotopic (exact) mass is 565 g/mol. The number of carbonyl (C=O) groups excluding carboxylic acids is 1. The van der Waals surface area contributed by atoms with Crippen LogP contribution in [0.5, 0.6) is 5.75 Å². The molecule has 0 aliphatic rings. The molecule has 0 radical (unpaired) electrons. The van der Waals surface area contributed by atoms with E-state index in [0.717, 1.165) is 29.1 Å². The number of carbonyl (C=O) groups is 2. The van der Waals surface area contributed by atoms with Gasteiger partial charge in [-0.3, -0.25) is 0 Å². The van der Waals surface area contributed by atoms with Crippen molar-refractivity contribution in [2.75, 3.05) is 38.7 Å². The molecule has 214 valence electrons. The van der Waals surface area contributed by atoms with Crippen molar-refractivity contribution in [2.24, 2.45) is 0 Å². The fourth-order valence-corrected chi connectivity index (χ4v) is 4.94. The van der Waals surface area contributed by atoms with E-state index in [9.17, 15) is 14.7 Å². The molecule has 0 spiro atoms. The molecule has 40 heavy (non-hydrogen) atoms. The van der Waals surface area contributed by atoms with Crippen LogP contribution in [0, 0.1) is 0 Å². The third-order valence-electron chi connectivity index (χ3n) is 6.16. The summed E-state index contributed by atoms with van der Waals surface area (Å²) < 4.78 is 16.8. The molecule has 0 bridgehead atoms. The van der Waals surface area contributed by atoms with Crippen LogP contribution in [0.15, 0.2) is 84.9 Å². The minimum atomic E-state index is -0.976. The zero-order valence-corrected chi connectivity index (χ0v) is 23.9. The van der Waals surface area contributed by atoms with Crippen LogP contribution < -0.4 is 4.74 Å². The van der Waals surface area contributed by atoms with Crippen molar-refractivity contribution in [1.29, 1.82) is 0 Å². The highest BCUT2D eigenvalue weighted by Gasteiger charge is 2.18. The van der Waals surface area contributed by atoms with E-state index in [1.807, 2.05) is 84.6 Å². The van der Waals surface area contributed by atoms with Crippen molar-refractivity contribution >= 4 is 23.8 Å². The summed E-state index contributed by atoms with van der Waals surface area (Å²) in [6.45, 7) is 3.75. The number of benzene rings is 3. The molecule has 7 nitrogen and oxygen atoms in total. The lowest BCUT2D eigenvalue weighted by Crippen LogP contribution is -2.36. The highest BCUT2D eigenvalue weighted by Crippen LogP contribution is 2.16. The first kappa shape index (κ1) is 31.0. The van der Waals surface area contributed by atoms with Crippen LogP contribution in [0.4, 0.5) is 4.79 Å². The molecule has 3 rings (SSSR count). The topological polar surface area (TPSA) is 85.3 Å². The number of carboxylic acids is 1. The summed E-state index contributed by atoms with van der Waals surface area (Å²) in [4.78, 5) is 26.0. The third kappa shape index (κ3) is 11.7. The fourth-order valence-electron chi connectivity index (χ4n) is 4.04. The number of hydrogen-bond acceptors (Lipinski definition) is 6. The maximum atomic E-state index is 12.9. The number of thioether (sulfide) groups is 1. The quantitative estimate of drug-likeness (QED) is 0.187. The predicted molar refractivity (Wildman–Crippen MR) is 159 cm³/mol. The summed E-state index contributed by atoms with van der Waals surface area (Å²) in [6.07, 6.45) is 0.601. The molecule has 8 heteroatoms. The smallest absolute Gasteiger partial charge is 0.409 e. The summed E-state index contributed by atoms with van der Waals surface area (Å²) in [5.41, 5.74) is 3.27. The van der Waals surface area contributed by atoms with Crippen LogP contribution in [-0.4, -0.2) is 66.8 Å². The van der Waals surface area contributed by atoms with Crippen molar-refractivity contribution in [3.05, 3.63) is 102 Å². The van der Waals surface area contributed by atoms with Gasteiger partial charge in [0, 0.05) is 31.7 Å². The van der Waals surface area contributed by atoms with Gasteiger partial charge in [-0.2, -0.15) is 11.8 Å². The summed E-state index contributed by atoms with van der Waals surface area (Å²) in [7, 11) is 0. The Kier molecular flexibility index (Phi) is 13.9. The third-order valence-corrected chi connectivity index (χ3v) is 7.28. The number of carboxylic acid groups (broad SMARTS) is 1.